The van der Waals surface area contributed by atoms with Crippen LogP contribution >= 0.6 is 0 Å². The van der Waals surface area contributed by atoms with Gasteiger partial charge in [-0.1, -0.05) is 26.0 Å². The molecule has 0 heterocycles. The van der Waals surface area contributed by atoms with Crippen molar-refractivity contribution in [2.75, 3.05) is 12.4 Å². The first-order valence-electron chi connectivity index (χ1n) is 6.32. The maximum absolute atomic E-state index is 11.9. The van der Waals surface area contributed by atoms with Gasteiger partial charge in [0.05, 0.1) is 11.3 Å². The van der Waals surface area contributed by atoms with E-state index >= 15 is 0 Å². The highest BCUT2D eigenvalue weighted by Crippen LogP contribution is 2.15. The molecule has 1 rings (SSSR count). The van der Waals surface area contributed by atoms with Gasteiger partial charge in [0.25, 0.3) is 5.91 Å². The van der Waals surface area contributed by atoms with Gasteiger partial charge in [-0.3, -0.25) is 9.59 Å². The quantitative estimate of drug-likeness (QED) is 0.750. The lowest BCUT2D eigenvalue weighted by Gasteiger charge is -2.16. The van der Waals surface area contributed by atoms with Gasteiger partial charge in [0, 0.05) is 19.5 Å². The third kappa shape index (κ3) is 4.37. The molecule has 0 spiro atoms. The van der Waals surface area contributed by atoms with Gasteiger partial charge in [-0.25, -0.2) is 0 Å². The van der Waals surface area contributed by atoms with Crippen molar-refractivity contribution in [1.82, 2.24) is 5.32 Å². The van der Waals surface area contributed by atoms with Crippen molar-refractivity contribution >= 4 is 17.5 Å². The van der Waals surface area contributed by atoms with E-state index in [0.29, 0.717) is 11.3 Å². The maximum Gasteiger partial charge on any atom is 0.253 e. The van der Waals surface area contributed by atoms with Crippen LogP contribution in [0.25, 0.3) is 0 Å². The number of nitrogens with two attached hydrogens (primary N) is 1. The lowest BCUT2D eigenvalue weighted by atomic mass is 10.0. The van der Waals surface area contributed by atoms with Gasteiger partial charge in [-0.2, -0.15) is 0 Å². The molecular weight excluding hydrogens is 242 g/mol. The molecule has 1 aromatic rings. The van der Waals surface area contributed by atoms with Crippen LogP contribution in [0.2, 0.25) is 0 Å². The number of hydrogen-bond donors (Lipinski definition) is 3. The molecule has 5 heteroatoms. The van der Waals surface area contributed by atoms with E-state index in [2.05, 4.69) is 10.6 Å². The van der Waals surface area contributed by atoms with Crippen molar-refractivity contribution in [2.24, 2.45) is 11.7 Å². The van der Waals surface area contributed by atoms with Crippen LogP contribution in [0.5, 0.6) is 0 Å². The van der Waals surface area contributed by atoms with Crippen molar-refractivity contribution < 1.29 is 9.59 Å². The fourth-order valence-corrected chi connectivity index (χ4v) is 1.58. The minimum absolute atomic E-state index is 0.183. The van der Waals surface area contributed by atoms with Gasteiger partial charge in [0.15, 0.2) is 0 Å². The zero-order valence-corrected chi connectivity index (χ0v) is 11.6. The Kier molecular flexibility index (Phi) is 5.51. The van der Waals surface area contributed by atoms with Crippen LogP contribution in [0.4, 0.5) is 5.69 Å². The summed E-state index contributed by atoms with van der Waals surface area (Å²) < 4.78 is 0. The van der Waals surface area contributed by atoms with E-state index in [-0.39, 0.29) is 30.2 Å². The van der Waals surface area contributed by atoms with E-state index in [4.69, 9.17) is 5.73 Å². The van der Waals surface area contributed by atoms with Gasteiger partial charge >= 0.3 is 0 Å². The Bertz CT molecular complexity index is 458. The second-order valence-electron chi connectivity index (χ2n) is 4.78. The second-order valence-corrected chi connectivity index (χ2v) is 4.78. The lowest BCUT2D eigenvalue weighted by Crippen LogP contribution is -2.32. The fourth-order valence-electron chi connectivity index (χ4n) is 1.58. The van der Waals surface area contributed by atoms with Crippen LogP contribution in [-0.4, -0.2) is 24.9 Å². The topological polar surface area (TPSA) is 84.2 Å². The summed E-state index contributed by atoms with van der Waals surface area (Å²) in [6.45, 7) is 3.94. The van der Waals surface area contributed by atoms with Crippen molar-refractivity contribution in [2.45, 2.75) is 26.3 Å². The van der Waals surface area contributed by atoms with Crippen LogP contribution in [0.1, 0.15) is 30.6 Å². The van der Waals surface area contributed by atoms with E-state index in [9.17, 15) is 9.59 Å². The van der Waals surface area contributed by atoms with Crippen molar-refractivity contribution in [1.29, 1.82) is 0 Å². The van der Waals surface area contributed by atoms with Gasteiger partial charge in [-0.05, 0) is 18.1 Å². The van der Waals surface area contributed by atoms with E-state index in [1.54, 1.807) is 31.3 Å². The summed E-state index contributed by atoms with van der Waals surface area (Å²) >= 11 is 0. The number of hydrogen-bond acceptors (Lipinski definition) is 3. The first-order valence-corrected chi connectivity index (χ1v) is 6.32. The number of carbonyl (C=O) groups is 2. The standard InChI is InChI=1S/C14H21N3O2/c1-9(2)11(15)8-13(18)17-12-7-5-4-6-10(12)14(19)16-3/h4-7,9,11H,8,15H2,1-3H3,(H,16,19)(H,17,18). The van der Waals surface area contributed by atoms with E-state index in [1.165, 1.54) is 0 Å². The number of nitrogens with one attached hydrogen (secondary N) is 2. The highest BCUT2D eigenvalue weighted by Gasteiger charge is 2.15. The second kappa shape index (κ2) is 6.89. The summed E-state index contributed by atoms with van der Waals surface area (Å²) in [6.07, 6.45) is 0.236. The average Bonchev–Trinajstić information content (AvgIpc) is 2.38. The molecule has 4 N–H and O–H groups in total. The third-order valence-corrected chi connectivity index (χ3v) is 2.95. The predicted molar refractivity (Wildman–Crippen MR) is 75.9 cm³/mol. The van der Waals surface area contributed by atoms with Crippen LogP contribution in [0, 0.1) is 5.92 Å². The Morgan fingerprint density at radius 3 is 2.47 bits per heavy atom. The monoisotopic (exact) mass is 263 g/mol. The van der Waals surface area contributed by atoms with Crippen LogP contribution in [0.15, 0.2) is 24.3 Å². The van der Waals surface area contributed by atoms with E-state index in [1.807, 2.05) is 13.8 Å². The summed E-state index contributed by atoms with van der Waals surface area (Å²) in [6, 6.07) is 6.69. The minimum Gasteiger partial charge on any atom is -0.355 e. The highest BCUT2D eigenvalue weighted by molar-refractivity contribution is 6.03. The molecule has 5 nitrogen and oxygen atoms in total. The molecule has 0 bridgehead atoms. The van der Waals surface area contributed by atoms with E-state index in [0.717, 1.165) is 0 Å². The number of rotatable bonds is 5. The van der Waals surface area contributed by atoms with Gasteiger partial charge in [-0.15, -0.1) is 0 Å². The van der Waals surface area contributed by atoms with Gasteiger partial charge < -0.3 is 16.4 Å². The summed E-state index contributed by atoms with van der Waals surface area (Å²) in [5.41, 5.74) is 6.80. The van der Waals surface area contributed by atoms with Gasteiger partial charge in [0.2, 0.25) is 5.91 Å². The van der Waals surface area contributed by atoms with Gasteiger partial charge in [0.1, 0.15) is 0 Å². The van der Waals surface area contributed by atoms with Crippen molar-refractivity contribution in [3.63, 3.8) is 0 Å². The number of carbonyl (C=O) groups excluding carboxylic acids is 2. The normalized spacial score (nSPS) is 12.1. The fraction of sp³-hybridized carbons (Fsp3) is 0.429. The molecule has 0 aromatic heterocycles. The third-order valence-electron chi connectivity index (χ3n) is 2.95. The summed E-state index contributed by atoms with van der Waals surface area (Å²) in [4.78, 5) is 23.5. The molecule has 1 aromatic carbocycles. The number of amides is 2. The van der Waals surface area contributed by atoms with Crippen LogP contribution in [-0.2, 0) is 4.79 Å². The molecular formula is C14H21N3O2. The van der Waals surface area contributed by atoms with Crippen molar-refractivity contribution in [3.8, 4) is 0 Å². The van der Waals surface area contributed by atoms with Crippen molar-refractivity contribution in [3.05, 3.63) is 29.8 Å². The molecule has 0 aliphatic heterocycles. The number of anilines is 1. The first-order chi connectivity index (χ1) is 8.95. The molecule has 1 unspecified atom stereocenters. The smallest absolute Gasteiger partial charge is 0.253 e. The maximum atomic E-state index is 11.9. The molecule has 0 aliphatic rings. The Morgan fingerprint density at radius 1 is 1.26 bits per heavy atom. The molecule has 0 radical (unpaired) electrons. The zero-order chi connectivity index (χ0) is 14.4. The lowest BCUT2D eigenvalue weighted by molar-refractivity contribution is -0.116. The molecule has 2 amide bonds. The molecule has 0 saturated heterocycles. The SMILES string of the molecule is CNC(=O)c1ccccc1NC(=O)CC(N)C(C)C. The average molecular weight is 263 g/mol. The molecule has 0 fully saturated rings. The van der Waals surface area contributed by atoms with E-state index < -0.39 is 0 Å². The largest absolute Gasteiger partial charge is 0.355 e. The molecule has 1 atom stereocenters. The minimum atomic E-state index is -0.232. The zero-order valence-electron chi connectivity index (χ0n) is 11.6. The number of para-hydroxylation sites is 1. The van der Waals surface area contributed by atoms with Crippen LogP contribution < -0.4 is 16.4 Å². The highest BCUT2D eigenvalue weighted by atomic mass is 16.2. The Morgan fingerprint density at radius 2 is 1.89 bits per heavy atom. The molecule has 104 valence electrons. The first kappa shape index (κ1) is 15.2. The van der Waals surface area contributed by atoms with Crippen LogP contribution in [0.3, 0.4) is 0 Å². The predicted octanol–water partition coefficient (Wildman–Crippen LogP) is 1.36. The Hall–Kier alpha value is -1.88. The summed E-state index contributed by atoms with van der Waals surface area (Å²) in [5, 5.41) is 5.27. The summed E-state index contributed by atoms with van der Waals surface area (Å²) in [5.74, 6) is -0.179. The Balaban J connectivity index is 2.77. The summed E-state index contributed by atoms with van der Waals surface area (Å²) in [7, 11) is 1.55. The molecule has 19 heavy (non-hydrogen) atoms. The molecule has 0 saturated carbocycles. The molecule has 0 aliphatic carbocycles. The Labute approximate surface area is 113 Å². The number of benzene rings is 1.